The Balaban J connectivity index is 3.06. The smallest absolute Gasteiger partial charge is 0.465 e. The molecule has 1 rings (SSSR count). The third kappa shape index (κ3) is 3.94. The zero-order valence-electron chi connectivity index (χ0n) is 10.0. The summed E-state index contributed by atoms with van der Waals surface area (Å²) in [6.45, 7) is 1.86. The van der Waals surface area contributed by atoms with Gasteiger partial charge < -0.3 is 9.47 Å². The lowest BCUT2D eigenvalue weighted by molar-refractivity contribution is -0.274. The minimum Gasteiger partial charge on any atom is -0.465 e. The molecule has 6 heteroatoms. The molecule has 0 aliphatic heterocycles. The number of hydrogen-bond acceptors (Lipinski definition) is 3. The third-order valence-corrected chi connectivity index (χ3v) is 2.23. The van der Waals surface area contributed by atoms with Crippen LogP contribution in [0.15, 0.2) is 18.2 Å². The van der Waals surface area contributed by atoms with Crippen molar-refractivity contribution in [1.29, 1.82) is 0 Å². The summed E-state index contributed by atoms with van der Waals surface area (Å²) < 4.78 is 44.6. The SMILES string of the molecule is CCCc1cc(OC(F)(F)F)ccc1C(=O)OC. The topological polar surface area (TPSA) is 35.5 Å². The summed E-state index contributed by atoms with van der Waals surface area (Å²) in [5, 5.41) is 0. The maximum atomic E-state index is 12.1. The molecule has 18 heavy (non-hydrogen) atoms. The molecule has 100 valence electrons. The molecule has 0 unspecified atom stereocenters. The number of halogens is 3. The molecule has 0 saturated heterocycles. The molecule has 1 aromatic rings. The van der Waals surface area contributed by atoms with Gasteiger partial charge in [0.1, 0.15) is 5.75 Å². The highest BCUT2D eigenvalue weighted by molar-refractivity contribution is 5.91. The fourth-order valence-electron chi connectivity index (χ4n) is 1.55. The van der Waals surface area contributed by atoms with Crippen molar-refractivity contribution in [2.75, 3.05) is 7.11 Å². The lowest BCUT2D eigenvalue weighted by Crippen LogP contribution is -2.17. The van der Waals surface area contributed by atoms with E-state index in [1.807, 2.05) is 6.92 Å². The number of hydrogen-bond donors (Lipinski definition) is 0. The number of carbonyl (C=O) groups is 1. The Hall–Kier alpha value is -1.72. The van der Waals surface area contributed by atoms with E-state index >= 15 is 0 Å². The van der Waals surface area contributed by atoms with Gasteiger partial charge in [0.15, 0.2) is 0 Å². The van der Waals surface area contributed by atoms with Gasteiger partial charge in [-0.3, -0.25) is 0 Å². The normalized spacial score (nSPS) is 11.2. The quantitative estimate of drug-likeness (QED) is 0.781. The molecule has 0 bridgehead atoms. The number of ether oxygens (including phenoxy) is 2. The molecular formula is C12H13F3O3. The number of esters is 1. The largest absolute Gasteiger partial charge is 0.573 e. The standard InChI is InChI=1S/C12H13F3O3/c1-3-4-8-7-9(18-12(13,14)15)5-6-10(8)11(16)17-2/h5-7H,3-4H2,1-2H3. The molecule has 0 heterocycles. The van der Waals surface area contributed by atoms with E-state index in [1.165, 1.54) is 19.2 Å². The van der Waals surface area contributed by atoms with E-state index in [4.69, 9.17) is 0 Å². The Bertz CT molecular complexity index is 427. The van der Waals surface area contributed by atoms with Gasteiger partial charge in [0.05, 0.1) is 12.7 Å². The molecule has 0 radical (unpaired) electrons. The second kappa shape index (κ2) is 5.75. The maximum Gasteiger partial charge on any atom is 0.573 e. The first kappa shape index (κ1) is 14.3. The van der Waals surface area contributed by atoms with Crippen LogP contribution in [0.3, 0.4) is 0 Å². The van der Waals surface area contributed by atoms with Crippen LogP contribution >= 0.6 is 0 Å². The van der Waals surface area contributed by atoms with Crippen LogP contribution in [-0.2, 0) is 11.2 Å². The summed E-state index contributed by atoms with van der Waals surface area (Å²) in [4.78, 5) is 11.4. The van der Waals surface area contributed by atoms with Crippen molar-refractivity contribution in [3.8, 4) is 5.75 Å². The summed E-state index contributed by atoms with van der Waals surface area (Å²) in [5.74, 6) is -0.907. The molecule has 0 aliphatic carbocycles. The molecule has 0 amide bonds. The van der Waals surface area contributed by atoms with Gasteiger partial charge in [0.25, 0.3) is 0 Å². The zero-order chi connectivity index (χ0) is 13.8. The predicted octanol–water partition coefficient (Wildman–Crippen LogP) is 3.32. The first-order chi connectivity index (χ1) is 8.37. The lowest BCUT2D eigenvalue weighted by atomic mass is 10.0. The number of methoxy groups -OCH3 is 1. The molecule has 1 aromatic carbocycles. The van der Waals surface area contributed by atoms with Crippen molar-refractivity contribution in [2.24, 2.45) is 0 Å². The maximum absolute atomic E-state index is 12.1. The highest BCUT2D eigenvalue weighted by atomic mass is 19.4. The number of alkyl halides is 3. The van der Waals surface area contributed by atoms with Crippen LogP contribution in [0.1, 0.15) is 29.3 Å². The van der Waals surface area contributed by atoms with Crippen LogP contribution < -0.4 is 4.74 Å². The molecular weight excluding hydrogens is 249 g/mol. The predicted molar refractivity (Wildman–Crippen MR) is 58.5 cm³/mol. The summed E-state index contributed by atoms with van der Waals surface area (Å²) in [7, 11) is 1.22. The zero-order valence-corrected chi connectivity index (χ0v) is 10.0. The average molecular weight is 262 g/mol. The van der Waals surface area contributed by atoms with Gasteiger partial charge in [-0.25, -0.2) is 4.79 Å². The van der Waals surface area contributed by atoms with Crippen molar-refractivity contribution in [2.45, 2.75) is 26.1 Å². The minimum absolute atomic E-state index is 0.258. The summed E-state index contributed by atoms with van der Waals surface area (Å²) in [6.07, 6.45) is -3.57. The van der Waals surface area contributed by atoms with E-state index in [9.17, 15) is 18.0 Å². The van der Waals surface area contributed by atoms with Crippen molar-refractivity contribution in [1.82, 2.24) is 0 Å². The van der Waals surface area contributed by atoms with Gasteiger partial charge in [0, 0.05) is 0 Å². The molecule has 0 saturated carbocycles. The van der Waals surface area contributed by atoms with Gasteiger partial charge >= 0.3 is 12.3 Å². The molecule has 0 N–H and O–H groups in total. The van der Waals surface area contributed by atoms with Gasteiger partial charge in [-0.15, -0.1) is 13.2 Å². The van der Waals surface area contributed by atoms with E-state index < -0.39 is 12.3 Å². The van der Waals surface area contributed by atoms with Gasteiger partial charge in [-0.05, 0) is 30.2 Å². The molecule has 0 spiro atoms. The van der Waals surface area contributed by atoms with E-state index in [-0.39, 0.29) is 11.3 Å². The minimum atomic E-state index is -4.74. The Labute approximate surface area is 103 Å². The summed E-state index contributed by atoms with van der Waals surface area (Å²) in [6, 6.07) is 3.58. The molecule has 3 nitrogen and oxygen atoms in total. The van der Waals surface area contributed by atoms with Crippen molar-refractivity contribution >= 4 is 5.97 Å². The Morgan fingerprint density at radius 3 is 2.50 bits per heavy atom. The first-order valence-corrected chi connectivity index (χ1v) is 5.34. The number of rotatable bonds is 4. The van der Waals surface area contributed by atoms with Crippen molar-refractivity contribution in [3.05, 3.63) is 29.3 Å². The lowest BCUT2D eigenvalue weighted by Gasteiger charge is -2.12. The van der Waals surface area contributed by atoms with Gasteiger partial charge in [0.2, 0.25) is 0 Å². The van der Waals surface area contributed by atoms with E-state index in [0.717, 1.165) is 6.07 Å². The van der Waals surface area contributed by atoms with Crippen LogP contribution in [0.2, 0.25) is 0 Å². The second-order valence-electron chi connectivity index (χ2n) is 3.61. The molecule has 0 aliphatic rings. The highest BCUT2D eigenvalue weighted by Crippen LogP contribution is 2.26. The fourth-order valence-corrected chi connectivity index (χ4v) is 1.55. The van der Waals surface area contributed by atoms with Crippen LogP contribution in [0.25, 0.3) is 0 Å². The second-order valence-corrected chi connectivity index (χ2v) is 3.61. The van der Waals surface area contributed by atoms with Gasteiger partial charge in [-0.2, -0.15) is 0 Å². The number of benzene rings is 1. The Morgan fingerprint density at radius 2 is 2.00 bits per heavy atom. The monoisotopic (exact) mass is 262 g/mol. The molecule has 0 fully saturated rings. The van der Waals surface area contributed by atoms with E-state index in [2.05, 4.69) is 9.47 Å². The number of carbonyl (C=O) groups excluding carboxylic acids is 1. The Kier molecular flexibility index (Phi) is 4.58. The Morgan fingerprint density at radius 1 is 1.33 bits per heavy atom. The third-order valence-electron chi connectivity index (χ3n) is 2.23. The molecule has 0 atom stereocenters. The average Bonchev–Trinajstić information content (AvgIpc) is 2.27. The van der Waals surface area contributed by atoms with Gasteiger partial charge in [-0.1, -0.05) is 13.3 Å². The number of aryl methyl sites for hydroxylation is 1. The van der Waals surface area contributed by atoms with Crippen molar-refractivity contribution < 1.29 is 27.4 Å². The van der Waals surface area contributed by atoms with Crippen molar-refractivity contribution in [3.63, 3.8) is 0 Å². The summed E-state index contributed by atoms with van der Waals surface area (Å²) >= 11 is 0. The van der Waals surface area contributed by atoms with Crippen LogP contribution in [0, 0.1) is 0 Å². The fraction of sp³-hybridized carbons (Fsp3) is 0.417. The molecule has 0 aromatic heterocycles. The van der Waals surface area contributed by atoms with Crippen LogP contribution in [-0.4, -0.2) is 19.4 Å². The van der Waals surface area contributed by atoms with Crippen LogP contribution in [0.5, 0.6) is 5.75 Å². The van der Waals surface area contributed by atoms with E-state index in [0.29, 0.717) is 18.4 Å². The van der Waals surface area contributed by atoms with E-state index in [1.54, 1.807) is 0 Å². The highest BCUT2D eigenvalue weighted by Gasteiger charge is 2.31. The first-order valence-electron chi connectivity index (χ1n) is 5.34. The summed E-state index contributed by atoms with van der Waals surface area (Å²) in [5.41, 5.74) is 0.736. The van der Waals surface area contributed by atoms with Crippen LogP contribution in [0.4, 0.5) is 13.2 Å².